The van der Waals surface area contributed by atoms with Crippen LogP contribution in [0.5, 0.6) is 5.75 Å². The van der Waals surface area contributed by atoms with Gasteiger partial charge in [-0.3, -0.25) is 10.1 Å². The highest BCUT2D eigenvalue weighted by atomic mass is 79.9. The summed E-state index contributed by atoms with van der Waals surface area (Å²) < 4.78 is 6.25. The molecule has 1 rings (SSSR count). The van der Waals surface area contributed by atoms with E-state index in [1.165, 1.54) is 12.1 Å². The molecule has 6 heteroatoms. The van der Waals surface area contributed by atoms with E-state index in [0.29, 0.717) is 12.4 Å². The summed E-state index contributed by atoms with van der Waals surface area (Å²) in [5.74, 6) is 0.514. The van der Waals surface area contributed by atoms with Gasteiger partial charge < -0.3 is 10.1 Å². The highest BCUT2D eigenvalue weighted by molar-refractivity contribution is 9.10. The topological polar surface area (TPSA) is 64.4 Å². The third kappa shape index (κ3) is 5.01. The van der Waals surface area contributed by atoms with Crippen LogP contribution in [0.15, 0.2) is 22.7 Å². The molecule has 1 aromatic carbocycles. The first kappa shape index (κ1) is 14.9. The number of nitro groups is 1. The minimum Gasteiger partial charge on any atom is -0.492 e. The fourth-order valence-corrected chi connectivity index (χ4v) is 1.76. The molecule has 0 unspecified atom stereocenters. The van der Waals surface area contributed by atoms with Crippen LogP contribution in [-0.4, -0.2) is 24.6 Å². The van der Waals surface area contributed by atoms with Crippen molar-refractivity contribution >= 4 is 21.6 Å². The first-order valence-corrected chi connectivity index (χ1v) is 6.72. The molecule has 18 heavy (non-hydrogen) atoms. The maximum atomic E-state index is 10.6. The van der Waals surface area contributed by atoms with Gasteiger partial charge in [0.25, 0.3) is 5.69 Å². The molecule has 0 fully saturated rings. The molecule has 1 aromatic rings. The normalized spacial score (nSPS) is 10.3. The summed E-state index contributed by atoms with van der Waals surface area (Å²) in [6, 6.07) is 4.51. The molecule has 0 saturated heterocycles. The van der Waals surface area contributed by atoms with Gasteiger partial charge >= 0.3 is 0 Å². The zero-order valence-electron chi connectivity index (χ0n) is 10.3. The van der Waals surface area contributed by atoms with Crippen molar-refractivity contribution in [3.63, 3.8) is 0 Å². The second kappa shape index (κ2) is 8.05. The molecule has 0 amide bonds. The summed E-state index contributed by atoms with van der Waals surface area (Å²) in [7, 11) is 0. The second-order valence-corrected chi connectivity index (χ2v) is 4.68. The van der Waals surface area contributed by atoms with E-state index in [1.54, 1.807) is 6.07 Å². The predicted octanol–water partition coefficient (Wildman–Crippen LogP) is 3.13. The molecular formula is C12H17BrN2O3. The Hall–Kier alpha value is -1.14. The number of halogens is 1. The minimum atomic E-state index is -0.428. The molecule has 0 aliphatic carbocycles. The fourth-order valence-electron chi connectivity index (χ4n) is 1.40. The Morgan fingerprint density at radius 2 is 2.22 bits per heavy atom. The van der Waals surface area contributed by atoms with Crippen LogP contribution < -0.4 is 10.1 Å². The van der Waals surface area contributed by atoms with Gasteiger partial charge in [-0.2, -0.15) is 0 Å². The molecule has 100 valence electrons. The van der Waals surface area contributed by atoms with Gasteiger partial charge in [0.05, 0.1) is 22.1 Å². The molecule has 0 spiro atoms. The summed E-state index contributed by atoms with van der Waals surface area (Å²) in [6.07, 6.45) is 1.98. The van der Waals surface area contributed by atoms with E-state index in [2.05, 4.69) is 28.2 Å². The van der Waals surface area contributed by atoms with Crippen molar-refractivity contribution in [3.8, 4) is 5.75 Å². The molecule has 0 heterocycles. The van der Waals surface area contributed by atoms with Gasteiger partial charge in [0.2, 0.25) is 0 Å². The maximum Gasteiger partial charge on any atom is 0.273 e. The van der Waals surface area contributed by atoms with Gasteiger partial charge in [-0.1, -0.05) is 6.92 Å². The maximum absolute atomic E-state index is 10.6. The van der Waals surface area contributed by atoms with E-state index in [-0.39, 0.29) is 5.69 Å². The van der Waals surface area contributed by atoms with Crippen LogP contribution in [-0.2, 0) is 0 Å². The quantitative estimate of drug-likeness (QED) is 0.454. The highest BCUT2D eigenvalue weighted by Gasteiger charge is 2.10. The number of non-ortho nitro benzene ring substituents is 1. The Bertz CT molecular complexity index is 399. The molecule has 0 saturated carbocycles. The van der Waals surface area contributed by atoms with Gasteiger partial charge in [0.15, 0.2) is 0 Å². The molecule has 0 aliphatic heterocycles. The Labute approximate surface area is 115 Å². The predicted molar refractivity (Wildman–Crippen MR) is 74.1 cm³/mol. The Balaban J connectivity index is 2.41. The zero-order chi connectivity index (χ0) is 13.4. The van der Waals surface area contributed by atoms with Gasteiger partial charge in [-0.15, -0.1) is 0 Å². The third-order valence-corrected chi connectivity index (χ3v) is 2.96. The van der Waals surface area contributed by atoms with E-state index in [9.17, 15) is 10.1 Å². The third-order valence-electron chi connectivity index (χ3n) is 2.31. The Kier molecular flexibility index (Phi) is 6.67. The standard InChI is InChI=1S/C12H17BrN2O3/c1-2-6-14-7-3-8-18-12-9-10(15(16)17)4-5-11(12)13/h4-5,9,14H,2-3,6-8H2,1H3. The van der Waals surface area contributed by atoms with E-state index in [1.807, 2.05) is 0 Å². The van der Waals surface area contributed by atoms with Crippen LogP contribution in [0, 0.1) is 10.1 Å². The van der Waals surface area contributed by atoms with Crippen molar-refractivity contribution in [2.75, 3.05) is 19.7 Å². The Morgan fingerprint density at radius 1 is 1.44 bits per heavy atom. The van der Waals surface area contributed by atoms with Gasteiger partial charge in [0.1, 0.15) is 5.75 Å². The van der Waals surface area contributed by atoms with Crippen LogP contribution >= 0.6 is 15.9 Å². The summed E-state index contributed by atoms with van der Waals surface area (Å²) in [6.45, 7) is 4.54. The largest absolute Gasteiger partial charge is 0.492 e. The van der Waals surface area contributed by atoms with Gasteiger partial charge in [-0.25, -0.2) is 0 Å². The van der Waals surface area contributed by atoms with Crippen molar-refractivity contribution in [1.29, 1.82) is 0 Å². The summed E-state index contributed by atoms with van der Waals surface area (Å²) >= 11 is 3.31. The van der Waals surface area contributed by atoms with Crippen molar-refractivity contribution in [3.05, 3.63) is 32.8 Å². The van der Waals surface area contributed by atoms with Crippen LogP contribution in [0.1, 0.15) is 19.8 Å². The number of rotatable bonds is 8. The number of nitro benzene ring substituents is 1. The van der Waals surface area contributed by atoms with Gasteiger partial charge in [0, 0.05) is 6.07 Å². The van der Waals surface area contributed by atoms with E-state index >= 15 is 0 Å². The monoisotopic (exact) mass is 316 g/mol. The molecule has 5 nitrogen and oxygen atoms in total. The minimum absolute atomic E-state index is 0.0392. The lowest BCUT2D eigenvalue weighted by Crippen LogP contribution is -2.18. The van der Waals surface area contributed by atoms with Crippen molar-refractivity contribution < 1.29 is 9.66 Å². The van der Waals surface area contributed by atoms with E-state index in [4.69, 9.17) is 4.74 Å². The molecule has 1 N–H and O–H groups in total. The molecule has 0 bridgehead atoms. The molecule has 0 atom stereocenters. The first-order valence-electron chi connectivity index (χ1n) is 5.92. The molecular weight excluding hydrogens is 300 g/mol. The van der Waals surface area contributed by atoms with Crippen LogP contribution in [0.2, 0.25) is 0 Å². The Morgan fingerprint density at radius 3 is 2.89 bits per heavy atom. The van der Waals surface area contributed by atoms with E-state index in [0.717, 1.165) is 30.4 Å². The summed E-state index contributed by atoms with van der Waals surface area (Å²) in [4.78, 5) is 10.2. The van der Waals surface area contributed by atoms with Crippen molar-refractivity contribution in [2.45, 2.75) is 19.8 Å². The first-order chi connectivity index (χ1) is 8.65. The zero-order valence-corrected chi connectivity index (χ0v) is 11.9. The average molecular weight is 317 g/mol. The molecule has 0 aliphatic rings. The van der Waals surface area contributed by atoms with Crippen molar-refractivity contribution in [2.24, 2.45) is 0 Å². The number of nitrogens with zero attached hydrogens (tertiary/aromatic N) is 1. The SMILES string of the molecule is CCCNCCCOc1cc([N+](=O)[O-])ccc1Br. The highest BCUT2D eigenvalue weighted by Crippen LogP contribution is 2.29. The second-order valence-electron chi connectivity index (χ2n) is 3.82. The average Bonchev–Trinajstić information content (AvgIpc) is 2.35. The van der Waals surface area contributed by atoms with Crippen LogP contribution in [0.3, 0.4) is 0 Å². The number of nitrogens with one attached hydrogen (secondary N) is 1. The summed E-state index contributed by atoms with van der Waals surface area (Å²) in [5.41, 5.74) is 0.0392. The lowest BCUT2D eigenvalue weighted by atomic mass is 10.3. The van der Waals surface area contributed by atoms with E-state index < -0.39 is 4.92 Å². The molecule has 0 radical (unpaired) electrons. The number of ether oxygens (including phenoxy) is 1. The lowest BCUT2D eigenvalue weighted by Gasteiger charge is -2.08. The fraction of sp³-hybridized carbons (Fsp3) is 0.500. The van der Waals surface area contributed by atoms with Crippen LogP contribution in [0.4, 0.5) is 5.69 Å². The number of hydrogen-bond donors (Lipinski definition) is 1. The number of hydrogen-bond acceptors (Lipinski definition) is 4. The molecule has 0 aromatic heterocycles. The van der Waals surface area contributed by atoms with Crippen LogP contribution in [0.25, 0.3) is 0 Å². The van der Waals surface area contributed by atoms with Gasteiger partial charge in [-0.05, 0) is 47.9 Å². The summed E-state index contributed by atoms with van der Waals surface area (Å²) in [5, 5.41) is 13.9. The lowest BCUT2D eigenvalue weighted by molar-refractivity contribution is -0.385. The number of benzene rings is 1. The smallest absolute Gasteiger partial charge is 0.273 e. The van der Waals surface area contributed by atoms with Crippen molar-refractivity contribution in [1.82, 2.24) is 5.32 Å².